The van der Waals surface area contributed by atoms with E-state index >= 15 is 0 Å². The zero-order valence-electron chi connectivity index (χ0n) is 28.9. The Morgan fingerprint density at radius 2 is 0.795 bits per heavy atom. The van der Waals surface area contributed by atoms with Gasteiger partial charge in [-0.1, -0.05) is 134 Å². The molecular formula is C39H70O5. The Morgan fingerprint density at radius 3 is 1.23 bits per heavy atom. The summed E-state index contributed by atoms with van der Waals surface area (Å²) in [5, 5.41) is 9.99. The van der Waals surface area contributed by atoms with E-state index in [-0.39, 0.29) is 25.2 Å². The Balaban J connectivity index is 3.48. The van der Waals surface area contributed by atoms with Crippen molar-refractivity contribution < 1.29 is 24.2 Å². The number of rotatable bonds is 33. The predicted octanol–water partition coefficient (Wildman–Crippen LogP) is 11.3. The van der Waals surface area contributed by atoms with E-state index in [1.807, 2.05) is 0 Å². The molecule has 256 valence electrons. The monoisotopic (exact) mass is 619 g/mol. The van der Waals surface area contributed by atoms with Crippen LogP contribution in [0.4, 0.5) is 0 Å². The maximum Gasteiger partial charge on any atom is 0.305 e. The summed E-state index contributed by atoms with van der Waals surface area (Å²) in [5.74, 6) is -0.590. The van der Waals surface area contributed by atoms with Gasteiger partial charge in [0.1, 0.15) is 19.3 Å². The second kappa shape index (κ2) is 35.6. The molecule has 0 aliphatic carbocycles. The smallest absolute Gasteiger partial charge is 0.305 e. The normalized spacial score (nSPS) is 12.5. The first-order valence-corrected chi connectivity index (χ1v) is 18.5. The Hall–Kier alpha value is -1.88. The highest BCUT2D eigenvalue weighted by Gasteiger charge is 2.12. The summed E-state index contributed by atoms with van der Waals surface area (Å²) in [6.07, 6.45) is 41.9. The van der Waals surface area contributed by atoms with Crippen molar-refractivity contribution >= 4 is 11.9 Å². The molecule has 1 N–H and O–H groups in total. The van der Waals surface area contributed by atoms with Gasteiger partial charge in [-0.25, -0.2) is 0 Å². The highest BCUT2D eigenvalue weighted by atomic mass is 16.6. The molecule has 0 aromatic heterocycles. The molecule has 0 saturated carbocycles. The molecule has 0 saturated heterocycles. The fourth-order valence-electron chi connectivity index (χ4n) is 4.99. The number of aliphatic hydroxyl groups is 1. The Morgan fingerprint density at radius 1 is 0.477 bits per heavy atom. The lowest BCUT2D eigenvalue weighted by molar-refractivity contribution is -0.152. The van der Waals surface area contributed by atoms with Crippen molar-refractivity contribution in [2.24, 2.45) is 0 Å². The molecule has 0 aliphatic rings. The molecule has 0 aromatic rings. The molecule has 44 heavy (non-hydrogen) atoms. The average molecular weight is 619 g/mol. The van der Waals surface area contributed by atoms with Gasteiger partial charge < -0.3 is 14.6 Å². The molecule has 0 aromatic carbocycles. The van der Waals surface area contributed by atoms with E-state index < -0.39 is 6.10 Å². The van der Waals surface area contributed by atoms with Crippen LogP contribution in [0.25, 0.3) is 0 Å². The van der Waals surface area contributed by atoms with Crippen molar-refractivity contribution in [1.82, 2.24) is 0 Å². The van der Waals surface area contributed by atoms with Crippen molar-refractivity contribution in [2.75, 3.05) is 13.2 Å². The first kappa shape index (κ1) is 42.1. The molecule has 0 spiro atoms. The fraction of sp³-hybridized carbons (Fsp3) is 0.795. The van der Waals surface area contributed by atoms with Crippen LogP contribution >= 0.6 is 0 Å². The lowest BCUT2D eigenvalue weighted by Gasteiger charge is -2.12. The summed E-state index contributed by atoms with van der Waals surface area (Å²) < 4.78 is 10.3. The number of carbonyl (C=O) groups is 2. The molecule has 0 amide bonds. The largest absolute Gasteiger partial charge is 0.463 e. The first-order chi connectivity index (χ1) is 21.6. The molecule has 0 bridgehead atoms. The highest BCUT2D eigenvalue weighted by Crippen LogP contribution is 2.11. The summed E-state index contributed by atoms with van der Waals surface area (Å²) in [5.41, 5.74) is 0. The van der Waals surface area contributed by atoms with Crippen LogP contribution in [0.5, 0.6) is 0 Å². The van der Waals surface area contributed by atoms with Crippen LogP contribution in [0.1, 0.15) is 181 Å². The molecule has 0 fully saturated rings. The lowest BCUT2D eigenvalue weighted by Crippen LogP contribution is -2.25. The Kier molecular flexibility index (Phi) is 34.1. The van der Waals surface area contributed by atoms with Crippen LogP contribution in [0.2, 0.25) is 0 Å². The minimum absolute atomic E-state index is 0.124. The number of hydrogen-bond donors (Lipinski definition) is 1. The highest BCUT2D eigenvalue weighted by molar-refractivity contribution is 5.69. The molecule has 1 unspecified atom stereocenters. The Bertz CT molecular complexity index is 711. The van der Waals surface area contributed by atoms with E-state index in [0.717, 1.165) is 57.8 Å². The van der Waals surface area contributed by atoms with E-state index in [1.165, 1.54) is 96.3 Å². The number of unbranched alkanes of at least 4 members (excludes halogenated alkanes) is 19. The average Bonchev–Trinajstić information content (AvgIpc) is 3.02. The van der Waals surface area contributed by atoms with E-state index in [0.29, 0.717) is 12.8 Å². The molecule has 0 radical (unpaired) electrons. The van der Waals surface area contributed by atoms with Gasteiger partial charge in [0.25, 0.3) is 0 Å². The number of hydrogen-bond acceptors (Lipinski definition) is 5. The maximum absolute atomic E-state index is 11.9. The molecular weight excluding hydrogens is 548 g/mol. The van der Waals surface area contributed by atoms with Crippen molar-refractivity contribution in [2.45, 2.75) is 187 Å². The second-order valence-corrected chi connectivity index (χ2v) is 12.3. The molecule has 1 atom stereocenters. The van der Waals surface area contributed by atoms with E-state index in [1.54, 1.807) is 0 Å². The van der Waals surface area contributed by atoms with Crippen molar-refractivity contribution in [3.05, 3.63) is 36.5 Å². The van der Waals surface area contributed by atoms with Gasteiger partial charge in [-0.05, 0) is 70.6 Å². The number of carbonyl (C=O) groups excluding carboxylic acids is 2. The van der Waals surface area contributed by atoms with Gasteiger partial charge in [-0.15, -0.1) is 0 Å². The zero-order valence-corrected chi connectivity index (χ0v) is 28.9. The van der Waals surface area contributed by atoms with Gasteiger partial charge in [0.2, 0.25) is 0 Å². The van der Waals surface area contributed by atoms with Gasteiger partial charge in [-0.2, -0.15) is 0 Å². The van der Waals surface area contributed by atoms with Crippen molar-refractivity contribution in [3.63, 3.8) is 0 Å². The fourth-order valence-corrected chi connectivity index (χ4v) is 4.99. The predicted molar refractivity (Wildman–Crippen MR) is 187 cm³/mol. The van der Waals surface area contributed by atoms with Crippen LogP contribution in [-0.2, 0) is 19.1 Å². The molecule has 5 nitrogen and oxygen atoms in total. The quantitative estimate of drug-likeness (QED) is 0.0450. The van der Waals surface area contributed by atoms with Crippen molar-refractivity contribution in [1.29, 1.82) is 0 Å². The Labute approximate surface area is 272 Å². The van der Waals surface area contributed by atoms with E-state index in [2.05, 4.69) is 50.3 Å². The van der Waals surface area contributed by atoms with Crippen LogP contribution in [0.15, 0.2) is 36.5 Å². The number of allylic oxidation sites excluding steroid dienone is 6. The number of aliphatic hydroxyl groups excluding tert-OH is 1. The van der Waals surface area contributed by atoms with Gasteiger partial charge in [0.05, 0.1) is 0 Å². The molecule has 0 heterocycles. The summed E-state index contributed by atoms with van der Waals surface area (Å²) in [4.78, 5) is 23.9. The second-order valence-electron chi connectivity index (χ2n) is 12.3. The number of esters is 2. The van der Waals surface area contributed by atoms with Gasteiger partial charge >= 0.3 is 11.9 Å². The number of ether oxygens (including phenoxy) is 2. The third kappa shape index (κ3) is 34.6. The standard InChI is InChI=1S/C39H70O5/c1-3-5-7-9-11-13-15-17-19-21-23-25-27-29-31-33-38(41)43-35-37(40)36-44-39(42)34-32-30-28-26-24-22-20-18-16-14-12-10-8-6-4-2/h11,13,17-20,37,40H,3-10,12,14-16,21-36H2,1-2H3/b13-11+,19-17+,20-18+. The summed E-state index contributed by atoms with van der Waals surface area (Å²) in [7, 11) is 0. The third-order valence-corrected chi connectivity index (χ3v) is 7.85. The van der Waals surface area contributed by atoms with Gasteiger partial charge in [-0.3, -0.25) is 9.59 Å². The van der Waals surface area contributed by atoms with Gasteiger partial charge in [0.15, 0.2) is 0 Å². The van der Waals surface area contributed by atoms with Crippen LogP contribution in [0.3, 0.4) is 0 Å². The SMILES string of the molecule is CCCCC/C=C/C/C=C/CCCCCCCC(=O)OCC(O)COC(=O)CCCCCCC/C=C/CCCCCCCC. The van der Waals surface area contributed by atoms with Crippen LogP contribution in [-0.4, -0.2) is 36.4 Å². The third-order valence-electron chi connectivity index (χ3n) is 7.85. The topological polar surface area (TPSA) is 72.8 Å². The lowest BCUT2D eigenvalue weighted by atomic mass is 10.1. The maximum atomic E-state index is 11.9. The minimum Gasteiger partial charge on any atom is -0.463 e. The first-order valence-electron chi connectivity index (χ1n) is 18.5. The molecule has 0 aliphatic heterocycles. The minimum atomic E-state index is -0.971. The van der Waals surface area contributed by atoms with Crippen LogP contribution < -0.4 is 0 Å². The zero-order chi connectivity index (χ0) is 32.2. The summed E-state index contributed by atoms with van der Waals surface area (Å²) in [6, 6.07) is 0. The molecule has 0 rings (SSSR count). The van der Waals surface area contributed by atoms with Crippen molar-refractivity contribution in [3.8, 4) is 0 Å². The molecule has 5 heteroatoms. The van der Waals surface area contributed by atoms with Gasteiger partial charge in [0, 0.05) is 12.8 Å². The van der Waals surface area contributed by atoms with E-state index in [9.17, 15) is 14.7 Å². The van der Waals surface area contributed by atoms with Crippen LogP contribution in [0, 0.1) is 0 Å². The summed E-state index contributed by atoms with van der Waals surface area (Å²) in [6.45, 7) is 4.24. The summed E-state index contributed by atoms with van der Waals surface area (Å²) >= 11 is 0. The van der Waals surface area contributed by atoms with E-state index in [4.69, 9.17) is 9.47 Å².